The number of rotatable bonds is 49. The summed E-state index contributed by atoms with van der Waals surface area (Å²) in [5.74, 6) is -3.17. The molecule has 0 spiro atoms. The van der Waals surface area contributed by atoms with Crippen molar-refractivity contribution in [2.75, 3.05) is 13.2 Å². The van der Waals surface area contributed by atoms with E-state index < -0.39 is 67.3 Å². The van der Waals surface area contributed by atoms with Crippen molar-refractivity contribution in [1.29, 1.82) is 0 Å². The molecule has 0 aromatic carbocycles. The van der Waals surface area contributed by atoms with Crippen molar-refractivity contribution in [3.05, 3.63) is 60.8 Å². The van der Waals surface area contributed by atoms with Gasteiger partial charge in [-0.3, -0.25) is 14.4 Å². The molecule has 420 valence electrons. The van der Waals surface area contributed by atoms with Gasteiger partial charge in [0.25, 0.3) is 0 Å². The molecule has 12 heteroatoms. The Morgan fingerprint density at radius 3 is 1.34 bits per heavy atom. The quantitative estimate of drug-likeness (QED) is 0.0228. The minimum atomic E-state index is -1.91. The van der Waals surface area contributed by atoms with Gasteiger partial charge in [0.05, 0.1) is 6.61 Å². The normalized spacial score (nSPS) is 18.7. The number of carboxylic acid groups (broad SMARTS) is 1. The van der Waals surface area contributed by atoms with E-state index in [9.17, 15) is 34.5 Å². The molecule has 73 heavy (non-hydrogen) atoms. The molecule has 0 aromatic heterocycles. The lowest BCUT2D eigenvalue weighted by atomic mass is 9.98. The standard InChI is InChI=1S/C61H104O12/c1-4-7-10-13-16-19-22-25-27-30-32-35-38-41-44-47-53(62)69-50-52(71-54(63)48-45-42-39-36-34-31-28-26-23-20-17-14-11-8-5-2)51-70-61-59(57(66)56(65)58(73-61)60(67)68)72-55(64)49-46-43-40-37-33-29-24-21-18-15-12-9-6-3/h9,12,18,21,25-29,33,52,56-59,61,65-66H,4-8,10-11,13-17,19-20,22-24,30-32,34-51H2,1-3H3,(H,67,68)/b12-9-,21-18-,27-25-,28-26-,33-29-. The van der Waals surface area contributed by atoms with E-state index in [1.54, 1.807) is 0 Å². The number of carbonyl (C=O) groups is 4. The lowest BCUT2D eigenvalue weighted by molar-refractivity contribution is -0.301. The fourth-order valence-corrected chi connectivity index (χ4v) is 8.55. The topological polar surface area (TPSA) is 175 Å². The van der Waals surface area contributed by atoms with Crippen LogP contribution in [0.5, 0.6) is 0 Å². The Kier molecular flexibility index (Phi) is 45.5. The van der Waals surface area contributed by atoms with Crippen LogP contribution in [0.2, 0.25) is 0 Å². The lowest BCUT2D eigenvalue weighted by Crippen LogP contribution is -2.61. The minimum absolute atomic E-state index is 0.0232. The second-order valence-electron chi connectivity index (χ2n) is 19.9. The summed E-state index contributed by atoms with van der Waals surface area (Å²) in [4.78, 5) is 51.0. The van der Waals surface area contributed by atoms with E-state index >= 15 is 0 Å². The summed E-state index contributed by atoms with van der Waals surface area (Å²) in [7, 11) is 0. The van der Waals surface area contributed by atoms with Gasteiger partial charge in [0.2, 0.25) is 0 Å². The van der Waals surface area contributed by atoms with Crippen molar-refractivity contribution < 1.29 is 58.2 Å². The van der Waals surface area contributed by atoms with E-state index in [0.717, 1.165) is 116 Å². The van der Waals surface area contributed by atoms with Gasteiger partial charge in [-0.15, -0.1) is 0 Å². The molecule has 0 radical (unpaired) electrons. The molecule has 12 nitrogen and oxygen atoms in total. The highest BCUT2D eigenvalue weighted by molar-refractivity contribution is 5.74. The first-order chi connectivity index (χ1) is 35.6. The molecule has 0 aliphatic carbocycles. The maximum Gasteiger partial charge on any atom is 0.335 e. The number of esters is 3. The van der Waals surface area contributed by atoms with E-state index in [0.29, 0.717) is 19.3 Å². The molecule has 1 aliphatic rings. The predicted octanol–water partition coefficient (Wildman–Crippen LogP) is 14.8. The summed E-state index contributed by atoms with van der Waals surface area (Å²) >= 11 is 0. The minimum Gasteiger partial charge on any atom is -0.479 e. The molecule has 1 fully saturated rings. The first-order valence-corrected chi connectivity index (χ1v) is 29.3. The Labute approximate surface area is 443 Å². The number of hydrogen-bond donors (Lipinski definition) is 3. The molecule has 0 amide bonds. The zero-order valence-electron chi connectivity index (χ0n) is 46.1. The van der Waals surface area contributed by atoms with Gasteiger partial charge in [-0.1, -0.05) is 191 Å². The maximum absolute atomic E-state index is 13.1. The van der Waals surface area contributed by atoms with Gasteiger partial charge in [0.15, 0.2) is 24.6 Å². The summed E-state index contributed by atoms with van der Waals surface area (Å²) in [5, 5.41) is 31.4. The Bertz CT molecular complexity index is 1500. The van der Waals surface area contributed by atoms with Gasteiger partial charge in [0, 0.05) is 19.3 Å². The van der Waals surface area contributed by atoms with Crippen molar-refractivity contribution in [2.24, 2.45) is 0 Å². The summed E-state index contributed by atoms with van der Waals surface area (Å²) < 4.78 is 28.4. The highest BCUT2D eigenvalue weighted by Gasteiger charge is 2.50. The highest BCUT2D eigenvalue weighted by atomic mass is 16.7. The molecule has 0 saturated carbocycles. The third-order valence-electron chi connectivity index (χ3n) is 13.0. The van der Waals surface area contributed by atoms with E-state index in [4.69, 9.17) is 23.7 Å². The molecular formula is C61H104O12. The number of carboxylic acids is 1. The summed E-state index contributed by atoms with van der Waals surface area (Å²) in [5.41, 5.74) is 0. The molecule has 1 rings (SSSR count). The van der Waals surface area contributed by atoms with Crippen LogP contribution in [0.1, 0.15) is 252 Å². The van der Waals surface area contributed by atoms with Gasteiger partial charge >= 0.3 is 23.9 Å². The van der Waals surface area contributed by atoms with Crippen LogP contribution < -0.4 is 0 Å². The molecule has 1 aliphatic heterocycles. The van der Waals surface area contributed by atoms with Crippen LogP contribution >= 0.6 is 0 Å². The van der Waals surface area contributed by atoms with E-state index in [-0.39, 0.29) is 25.9 Å². The average molecular weight is 1030 g/mol. The summed E-state index contributed by atoms with van der Waals surface area (Å²) in [6.07, 6.45) is 47.7. The number of aliphatic carboxylic acids is 1. The largest absolute Gasteiger partial charge is 0.479 e. The van der Waals surface area contributed by atoms with Crippen molar-refractivity contribution in [1.82, 2.24) is 0 Å². The highest BCUT2D eigenvalue weighted by Crippen LogP contribution is 2.26. The Hall–Kier alpha value is -3.58. The number of allylic oxidation sites excluding steroid dienone is 10. The lowest BCUT2D eigenvalue weighted by Gasteiger charge is -2.40. The predicted molar refractivity (Wildman–Crippen MR) is 294 cm³/mol. The molecule has 0 aromatic rings. The molecule has 1 saturated heterocycles. The van der Waals surface area contributed by atoms with Gasteiger partial charge in [-0.2, -0.15) is 0 Å². The third kappa shape index (κ3) is 39.5. The first kappa shape index (κ1) is 67.4. The van der Waals surface area contributed by atoms with Crippen LogP contribution in [0.4, 0.5) is 0 Å². The zero-order chi connectivity index (χ0) is 53.3. The summed E-state index contributed by atoms with van der Waals surface area (Å²) in [6.45, 7) is 5.84. The van der Waals surface area contributed by atoms with Gasteiger partial charge in [-0.25, -0.2) is 4.79 Å². The molecule has 6 unspecified atom stereocenters. The Morgan fingerprint density at radius 1 is 0.466 bits per heavy atom. The number of aliphatic hydroxyl groups excluding tert-OH is 2. The maximum atomic E-state index is 13.1. The van der Waals surface area contributed by atoms with E-state index in [1.807, 2.05) is 0 Å². The Balaban J connectivity index is 2.73. The van der Waals surface area contributed by atoms with Crippen LogP contribution in [-0.2, 0) is 42.9 Å². The van der Waals surface area contributed by atoms with E-state index in [2.05, 4.69) is 81.5 Å². The molecule has 3 N–H and O–H groups in total. The molecular weight excluding hydrogens is 925 g/mol. The van der Waals surface area contributed by atoms with Crippen LogP contribution in [0.15, 0.2) is 60.8 Å². The second kappa shape index (κ2) is 49.3. The van der Waals surface area contributed by atoms with Crippen LogP contribution in [0.3, 0.4) is 0 Å². The first-order valence-electron chi connectivity index (χ1n) is 29.3. The monoisotopic (exact) mass is 1030 g/mol. The SMILES string of the molecule is CC/C=C\C/C=C\C/C=C\CCCCCC(=O)OC1C(OCC(COC(=O)CCCCCCC/C=C\CCCCCCCC)OC(=O)CCCCCCC/C=C\CCCCCCCC)OC(C(=O)O)C(O)C1O. The fourth-order valence-electron chi connectivity index (χ4n) is 8.55. The van der Waals surface area contributed by atoms with Gasteiger partial charge in [-0.05, 0) is 103 Å². The number of hydrogen-bond acceptors (Lipinski definition) is 11. The van der Waals surface area contributed by atoms with Gasteiger partial charge < -0.3 is 39.0 Å². The van der Waals surface area contributed by atoms with E-state index in [1.165, 1.54) is 77.0 Å². The summed E-state index contributed by atoms with van der Waals surface area (Å²) in [6, 6.07) is 0. The molecule has 6 atom stereocenters. The fraction of sp³-hybridized carbons (Fsp3) is 0.770. The van der Waals surface area contributed by atoms with Crippen LogP contribution in [0.25, 0.3) is 0 Å². The van der Waals surface area contributed by atoms with Gasteiger partial charge in [0.1, 0.15) is 18.8 Å². The molecule has 1 heterocycles. The number of carbonyl (C=O) groups excluding carboxylic acids is 3. The second-order valence-corrected chi connectivity index (χ2v) is 19.9. The number of aliphatic hydroxyl groups is 2. The smallest absolute Gasteiger partial charge is 0.335 e. The number of unbranched alkanes of at least 4 members (excludes halogenated alkanes) is 25. The average Bonchev–Trinajstić information content (AvgIpc) is 3.37. The van der Waals surface area contributed by atoms with Crippen molar-refractivity contribution >= 4 is 23.9 Å². The van der Waals surface area contributed by atoms with Crippen molar-refractivity contribution in [3.63, 3.8) is 0 Å². The molecule has 0 bridgehead atoms. The Morgan fingerprint density at radius 2 is 0.863 bits per heavy atom. The number of ether oxygens (including phenoxy) is 5. The zero-order valence-corrected chi connectivity index (χ0v) is 46.1. The van der Waals surface area contributed by atoms with Crippen LogP contribution in [0, 0.1) is 0 Å². The third-order valence-corrected chi connectivity index (χ3v) is 13.0. The van der Waals surface area contributed by atoms with Crippen molar-refractivity contribution in [2.45, 2.75) is 289 Å². The van der Waals surface area contributed by atoms with Crippen molar-refractivity contribution in [3.8, 4) is 0 Å². The van der Waals surface area contributed by atoms with Crippen LogP contribution in [-0.4, -0.2) is 89.2 Å².